The average Bonchev–Trinajstić information content (AvgIpc) is 3.08. The topological polar surface area (TPSA) is 66.0 Å². The van der Waals surface area contributed by atoms with Crippen molar-refractivity contribution >= 4 is 0 Å². The molecule has 0 saturated carbocycles. The van der Waals surface area contributed by atoms with E-state index in [2.05, 4.69) is 12.1 Å². The van der Waals surface area contributed by atoms with Gasteiger partial charge in [0.2, 0.25) is 6.79 Å². The Bertz CT molecular complexity index is 2020. The molecule has 0 radical (unpaired) electrons. The summed E-state index contributed by atoms with van der Waals surface area (Å²) in [5, 5.41) is 18.1. The van der Waals surface area contributed by atoms with Crippen LogP contribution in [0.15, 0.2) is 121 Å². The van der Waals surface area contributed by atoms with E-state index in [9.17, 15) is 0 Å². The molecule has 228 valence electrons. The zero-order valence-corrected chi connectivity index (χ0v) is 25.7. The molecule has 0 atom stereocenters. The quantitative estimate of drug-likeness (QED) is 0.159. The summed E-state index contributed by atoms with van der Waals surface area (Å²) in [7, 11) is 0. The summed E-state index contributed by atoms with van der Waals surface area (Å²) in [6.07, 6.45) is 0. The van der Waals surface area contributed by atoms with E-state index in [0.29, 0.717) is 22.3 Å². The molecule has 0 fully saturated rings. The number of ether oxygens (including phenoxy) is 2. The van der Waals surface area contributed by atoms with Crippen molar-refractivity contribution in [1.82, 2.24) is 0 Å². The Morgan fingerprint density at radius 1 is 0.468 bits per heavy atom. The van der Waals surface area contributed by atoms with Crippen LogP contribution in [0.2, 0.25) is 0 Å². The fourth-order valence-corrected chi connectivity index (χ4v) is 5.56. The predicted octanol–water partition coefficient (Wildman–Crippen LogP) is 10.4. The monoisotopic (exact) mass is 618 g/mol. The number of hydrogen-bond acceptors (Lipinski definition) is 4. The Hall–Kier alpha value is -6.24. The predicted molar refractivity (Wildman–Crippen MR) is 180 cm³/mol. The Morgan fingerprint density at radius 3 is 1.17 bits per heavy atom. The number of benzene rings is 6. The summed E-state index contributed by atoms with van der Waals surface area (Å²) in [6, 6.07) is 39.7. The number of halogens is 2. The van der Waals surface area contributed by atoms with Gasteiger partial charge in [0.05, 0.1) is 23.3 Å². The van der Waals surface area contributed by atoms with Crippen molar-refractivity contribution in [3.8, 4) is 68.1 Å². The molecule has 0 unspecified atom stereocenters. The van der Waals surface area contributed by atoms with E-state index in [1.807, 2.05) is 74.5 Å². The van der Waals surface area contributed by atoms with Crippen LogP contribution in [-0.4, -0.2) is 6.79 Å². The summed E-state index contributed by atoms with van der Waals surface area (Å²) >= 11 is 0. The van der Waals surface area contributed by atoms with E-state index in [1.54, 1.807) is 48.5 Å². The van der Waals surface area contributed by atoms with Crippen LogP contribution in [0.5, 0.6) is 11.5 Å². The third-order valence-corrected chi connectivity index (χ3v) is 8.06. The van der Waals surface area contributed by atoms with Crippen molar-refractivity contribution in [2.45, 2.75) is 13.8 Å². The van der Waals surface area contributed by atoms with Crippen molar-refractivity contribution in [2.75, 3.05) is 6.79 Å². The number of hydrogen-bond donors (Lipinski definition) is 0. The number of nitriles is 2. The molecule has 6 heteroatoms. The van der Waals surface area contributed by atoms with Gasteiger partial charge in [0.25, 0.3) is 0 Å². The molecule has 6 aromatic carbocycles. The van der Waals surface area contributed by atoms with Gasteiger partial charge in [-0.3, -0.25) is 0 Å². The molecule has 0 aliphatic heterocycles. The minimum atomic E-state index is -0.441. The third kappa shape index (κ3) is 6.73. The largest absolute Gasteiger partial charge is 0.457 e. The van der Waals surface area contributed by atoms with Gasteiger partial charge >= 0.3 is 0 Å². The Kier molecular flexibility index (Phi) is 8.77. The van der Waals surface area contributed by atoms with Crippen LogP contribution in [-0.2, 0) is 0 Å². The maximum absolute atomic E-state index is 15.2. The lowest BCUT2D eigenvalue weighted by atomic mass is 9.95. The molecule has 0 heterocycles. The maximum atomic E-state index is 15.2. The SMILES string of the molecule is Cc1cc(-c2ccc(OCOc3ccc(-c4ccc(-c5ccc(C#N)cc5)c(C)c4)c(F)c3)cc2F)ccc1-c1ccc(C#N)cc1. The molecule has 0 spiro atoms. The standard InChI is InChI=1S/C41H28F2N2O2/c1-26-19-32(11-15-36(26)30-7-3-28(23-44)4-8-30)38-17-13-34(21-40(38)42)46-25-47-35-14-18-39(41(43)22-35)33-12-16-37(27(2)20-33)31-9-5-29(24-45)6-10-31/h3-22H,25H2,1-2H3. The van der Waals surface area contributed by atoms with Gasteiger partial charge in [0, 0.05) is 23.3 Å². The van der Waals surface area contributed by atoms with Gasteiger partial charge in [-0.05, 0) is 107 Å². The molecule has 0 aromatic heterocycles. The van der Waals surface area contributed by atoms with E-state index < -0.39 is 11.6 Å². The molecule has 0 bridgehead atoms. The first-order valence-electron chi connectivity index (χ1n) is 14.9. The lowest BCUT2D eigenvalue weighted by molar-refractivity contribution is 0.119. The lowest BCUT2D eigenvalue weighted by Crippen LogP contribution is -2.06. The molecular weight excluding hydrogens is 590 g/mol. The molecule has 47 heavy (non-hydrogen) atoms. The molecule has 4 nitrogen and oxygen atoms in total. The van der Waals surface area contributed by atoms with Crippen LogP contribution in [0.3, 0.4) is 0 Å². The average molecular weight is 619 g/mol. The zero-order valence-electron chi connectivity index (χ0n) is 25.7. The highest BCUT2D eigenvalue weighted by Crippen LogP contribution is 2.33. The Morgan fingerprint density at radius 2 is 0.830 bits per heavy atom. The fourth-order valence-electron chi connectivity index (χ4n) is 5.56. The molecule has 0 aliphatic rings. The van der Waals surface area contributed by atoms with E-state index in [1.165, 1.54) is 12.1 Å². The molecule has 6 aromatic rings. The first kappa shape index (κ1) is 30.8. The second-order valence-electron chi connectivity index (χ2n) is 11.1. The zero-order chi connectivity index (χ0) is 32.9. The molecule has 0 N–H and O–H groups in total. The van der Waals surface area contributed by atoms with E-state index in [-0.39, 0.29) is 18.3 Å². The Balaban J connectivity index is 1.09. The van der Waals surface area contributed by atoms with Crippen LogP contribution < -0.4 is 9.47 Å². The van der Waals surface area contributed by atoms with Crippen molar-refractivity contribution < 1.29 is 18.3 Å². The van der Waals surface area contributed by atoms with Crippen molar-refractivity contribution in [3.05, 3.63) is 155 Å². The van der Waals surface area contributed by atoms with Crippen LogP contribution in [0, 0.1) is 48.1 Å². The van der Waals surface area contributed by atoms with Crippen molar-refractivity contribution in [3.63, 3.8) is 0 Å². The summed E-state index contributed by atoms with van der Waals surface area (Å²) in [6.45, 7) is 3.71. The molecule has 0 amide bonds. The van der Waals surface area contributed by atoms with Gasteiger partial charge in [-0.25, -0.2) is 8.78 Å². The van der Waals surface area contributed by atoms with Gasteiger partial charge in [0.15, 0.2) is 0 Å². The van der Waals surface area contributed by atoms with E-state index >= 15 is 8.78 Å². The summed E-state index contributed by atoms with van der Waals surface area (Å²) in [5.41, 5.74) is 9.47. The number of rotatable bonds is 8. The second-order valence-corrected chi connectivity index (χ2v) is 11.1. The first-order chi connectivity index (χ1) is 22.8. The minimum absolute atomic E-state index is 0.228. The van der Waals surface area contributed by atoms with Crippen LogP contribution in [0.25, 0.3) is 44.5 Å². The van der Waals surface area contributed by atoms with Gasteiger partial charge in [-0.1, -0.05) is 60.7 Å². The van der Waals surface area contributed by atoms with Crippen molar-refractivity contribution in [2.24, 2.45) is 0 Å². The second kappa shape index (κ2) is 13.4. The van der Waals surface area contributed by atoms with E-state index in [0.717, 1.165) is 44.5 Å². The maximum Gasteiger partial charge on any atom is 0.230 e. The number of aryl methyl sites for hydroxylation is 2. The minimum Gasteiger partial charge on any atom is -0.457 e. The normalized spacial score (nSPS) is 10.6. The summed E-state index contributed by atoms with van der Waals surface area (Å²) in [4.78, 5) is 0. The van der Waals surface area contributed by atoms with Crippen LogP contribution in [0.4, 0.5) is 8.78 Å². The fraction of sp³-hybridized carbons (Fsp3) is 0.0732. The molecular formula is C41H28F2N2O2. The van der Waals surface area contributed by atoms with Gasteiger partial charge in [-0.15, -0.1) is 0 Å². The molecule has 0 saturated heterocycles. The van der Waals surface area contributed by atoms with Gasteiger partial charge in [0.1, 0.15) is 23.1 Å². The third-order valence-electron chi connectivity index (χ3n) is 8.06. The molecule has 6 rings (SSSR count). The summed E-state index contributed by atoms with van der Waals surface area (Å²) < 4.78 is 41.5. The molecule has 0 aliphatic carbocycles. The van der Waals surface area contributed by atoms with Crippen LogP contribution >= 0.6 is 0 Å². The first-order valence-corrected chi connectivity index (χ1v) is 14.9. The van der Waals surface area contributed by atoms with Crippen LogP contribution in [0.1, 0.15) is 22.3 Å². The highest BCUT2D eigenvalue weighted by atomic mass is 19.1. The number of nitrogens with zero attached hydrogens (tertiary/aromatic N) is 2. The van der Waals surface area contributed by atoms with Gasteiger partial charge < -0.3 is 9.47 Å². The smallest absolute Gasteiger partial charge is 0.230 e. The summed E-state index contributed by atoms with van der Waals surface area (Å²) in [5.74, 6) is -0.313. The highest BCUT2D eigenvalue weighted by molar-refractivity contribution is 5.75. The Labute approximate surface area is 272 Å². The highest BCUT2D eigenvalue weighted by Gasteiger charge is 2.12. The van der Waals surface area contributed by atoms with E-state index in [4.69, 9.17) is 20.0 Å². The van der Waals surface area contributed by atoms with Crippen molar-refractivity contribution in [1.29, 1.82) is 10.5 Å². The lowest BCUT2D eigenvalue weighted by Gasteiger charge is -2.13. The van der Waals surface area contributed by atoms with Gasteiger partial charge in [-0.2, -0.15) is 10.5 Å².